The van der Waals surface area contributed by atoms with Crippen LogP contribution in [0.3, 0.4) is 0 Å². The summed E-state index contributed by atoms with van der Waals surface area (Å²) in [6, 6.07) is 7.04. The molecule has 0 amide bonds. The maximum absolute atomic E-state index is 12.1. The van der Waals surface area contributed by atoms with Crippen LogP contribution in [0.25, 0.3) is 0 Å². The summed E-state index contributed by atoms with van der Waals surface area (Å²) in [5.74, 6) is 0. The van der Waals surface area contributed by atoms with Gasteiger partial charge in [-0.2, -0.15) is 0 Å². The molecule has 0 aromatic heterocycles. The summed E-state index contributed by atoms with van der Waals surface area (Å²) in [4.78, 5) is 0.349. The summed E-state index contributed by atoms with van der Waals surface area (Å²) >= 11 is 0. The average Bonchev–Trinajstić information content (AvgIpc) is 2.36. The molecule has 0 aliphatic rings. The van der Waals surface area contributed by atoms with Crippen molar-refractivity contribution in [2.75, 3.05) is 6.54 Å². The van der Waals surface area contributed by atoms with E-state index in [4.69, 9.17) is 5.73 Å². The third-order valence-electron chi connectivity index (χ3n) is 2.81. The van der Waals surface area contributed by atoms with E-state index in [1.807, 2.05) is 26.0 Å². The highest BCUT2D eigenvalue weighted by atomic mass is 32.2. The molecular weight excluding hydrogens is 248 g/mol. The highest BCUT2D eigenvalue weighted by Crippen LogP contribution is 2.17. The summed E-state index contributed by atoms with van der Waals surface area (Å²) < 4.78 is 26.8. The minimum Gasteiger partial charge on any atom is -0.327 e. The quantitative estimate of drug-likeness (QED) is 0.791. The number of nitrogens with two attached hydrogens (primary N) is 1. The third-order valence-corrected chi connectivity index (χ3v) is 4.37. The Balaban J connectivity index is 3.01. The number of hydrogen-bond donors (Lipinski definition) is 2. The molecule has 0 heterocycles. The van der Waals surface area contributed by atoms with E-state index in [-0.39, 0.29) is 6.04 Å². The van der Waals surface area contributed by atoms with Crippen LogP contribution in [-0.4, -0.2) is 21.0 Å². The number of nitrogens with one attached hydrogen (secondary N) is 1. The number of rotatable bonds is 7. The van der Waals surface area contributed by atoms with Gasteiger partial charge in [0.2, 0.25) is 10.0 Å². The Morgan fingerprint density at radius 1 is 1.28 bits per heavy atom. The molecule has 4 nitrogen and oxygen atoms in total. The minimum absolute atomic E-state index is 0.00692. The van der Waals surface area contributed by atoms with Crippen LogP contribution in [0.1, 0.15) is 32.3 Å². The maximum atomic E-state index is 12.1. The lowest BCUT2D eigenvalue weighted by molar-refractivity contribution is 0.577. The monoisotopic (exact) mass is 270 g/mol. The van der Waals surface area contributed by atoms with E-state index >= 15 is 0 Å². The SMILES string of the molecule is CCCNS(=O)(=O)c1ccccc1CC(N)CC. The van der Waals surface area contributed by atoms with Gasteiger partial charge < -0.3 is 5.73 Å². The lowest BCUT2D eigenvalue weighted by Gasteiger charge is -2.14. The van der Waals surface area contributed by atoms with Gasteiger partial charge in [-0.1, -0.05) is 32.0 Å². The highest BCUT2D eigenvalue weighted by molar-refractivity contribution is 7.89. The Bertz CT molecular complexity index is 472. The van der Waals surface area contributed by atoms with Crippen molar-refractivity contribution < 1.29 is 8.42 Å². The summed E-state index contributed by atoms with van der Waals surface area (Å²) in [5, 5.41) is 0. The van der Waals surface area contributed by atoms with Crippen LogP contribution >= 0.6 is 0 Å². The molecule has 0 saturated carbocycles. The van der Waals surface area contributed by atoms with Gasteiger partial charge >= 0.3 is 0 Å². The first-order chi connectivity index (χ1) is 8.51. The topological polar surface area (TPSA) is 72.2 Å². The normalized spacial score (nSPS) is 13.5. The molecule has 18 heavy (non-hydrogen) atoms. The average molecular weight is 270 g/mol. The smallest absolute Gasteiger partial charge is 0.240 e. The van der Waals surface area contributed by atoms with Crippen molar-refractivity contribution >= 4 is 10.0 Å². The van der Waals surface area contributed by atoms with Gasteiger partial charge in [0, 0.05) is 12.6 Å². The van der Waals surface area contributed by atoms with Gasteiger partial charge in [0.25, 0.3) is 0 Å². The Morgan fingerprint density at radius 2 is 1.94 bits per heavy atom. The van der Waals surface area contributed by atoms with Crippen LogP contribution in [0.2, 0.25) is 0 Å². The van der Waals surface area contributed by atoms with Gasteiger partial charge in [-0.3, -0.25) is 0 Å². The first kappa shape index (κ1) is 15.1. The summed E-state index contributed by atoms with van der Waals surface area (Å²) in [6.45, 7) is 4.38. The van der Waals surface area contributed by atoms with Crippen molar-refractivity contribution in [2.24, 2.45) is 5.73 Å². The molecule has 0 bridgehead atoms. The van der Waals surface area contributed by atoms with Crippen molar-refractivity contribution in [1.29, 1.82) is 0 Å². The molecular formula is C13H22N2O2S. The number of benzene rings is 1. The fourth-order valence-electron chi connectivity index (χ4n) is 1.68. The van der Waals surface area contributed by atoms with Crippen molar-refractivity contribution in [1.82, 2.24) is 4.72 Å². The molecule has 1 aromatic carbocycles. The van der Waals surface area contributed by atoms with Gasteiger partial charge in [0.15, 0.2) is 0 Å². The maximum Gasteiger partial charge on any atom is 0.240 e. The molecule has 0 spiro atoms. The van der Waals surface area contributed by atoms with Crippen LogP contribution in [0, 0.1) is 0 Å². The molecule has 102 valence electrons. The fraction of sp³-hybridized carbons (Fsp3) is 0.538. The van der Waals surface area contributed by atoms with Gasteiger partial charge in [0.05, 0.1) is 4.90 Å². The number of hydrogen-bond acceptors (Lipinski definition) is 3. The predicted octanol–water partition coefficient (Wildman–Crippen LogP) is 1.65. The predicted molar refractivity (Wildman–Crippen MR) is 73.9 cm³/mol. The first-order valence-electron chi connectivity index (χ1n) is 6.34. The van der Waals surface area contributed by atoms with Crippen molar-refractivity contribution in [2.45, 2.75) is 44.0 Å². The van der Waals surface area contributed by atoms with Gasteiger partial charge in [-0.15, -0.1) is 0 Å². The van der Waals surface area contributed by atoms with E-state index in [1.54, 1.807) is 12.1 Å². The Morgan fingerprint density at radius 3 is 2.56 bits per heavy atom. The van der Waals surface area contributed by atoms with Crippen LogP contribution < -0.4 is 10.5 Å². The van der Waals surface area contributed by atoms with Gasteiger partial charge in [-0.05, 0) is 30.9 Å². The second-order valence-electron chi connectivity index (χ2n) is 4.38. The van der Waals surface area contributed by atoms with Crippen LogP contribution in [0.15, 0.2) is 29.2 Å². The second kappa shape index (κ2) is 6.87. The van der Waals surface area contributed by atoms with Crippen molar-refractivity contribution in [3.8, 4) is 0 Å². The molecule has 0 fully saturated rings. The molecule has 0 radical (unpaired) electrons. The van der Waals surface area contributed by atoms with Gasteiger partial charge in [-0.25, -0.2) is 13.1 Å². The molecule has 5 heteroatoms. The standard InChI is InChI=1S/C13H22N2O2S/c1-3-9-15-18(16,17)13-8-6-5-7-11(13)10-12(14)4-2/h5-8,12,15H,3-4,9-10,14H2,1-2H3. The molecule has 1 aromatic rings. The molecule has 1 rings (SSSR count). The fourth-order valence-corrected chi connectivity index (χ4v) is 3.06. The lowest BCUT2D eigenvalue weighted by Crippen LogP contribution is -2.27. The van der Waals surface area contributed by atoms with Crippen LogP contribution in [0.5, 0.6) is 0 Å². The Labute approximate surface area is 110 Å². The summed E-state index contributed by atoms with van der Waals surface area (Å²) in [7, 11) is -3.41. The third kappa shape index (κ3) is 4.08. The first-order valence-corrected chi connectivity index (χ1v) is 7.82. The Hall–Kier alpha value is -0.910. The summed E-state index contributed by atoms with van der Waals surface area (Å²) in [5.41, 5.74) is 6.69. The van der Waals surface area contributed by atoms with Crippen LogP contribution in [-0.2, 0) is 16.4 Å². The molecule has 0 aliphatic carbocycles. The van der Waals surface area contributed by atoms with Crippen LogP contribution in [0.4, 0.5) is 0 Å². The second-order valence-corrected chi connectivity index (χ2v) is 6.11. The summed E-state index contributed by atoms with van der Waals surface area (Å²) in [6.07, 6.45) is 2.19. The van der Waals surface area contributed by atoms with Crippen molar-refractivity contribution in [3.05, 3.63) is 29.8 Å². The number of sulfonamides is 1. The van der Waals surface area contributed by atoms with E-state index in [0.717, 1.165) is 18.4 Å². The molecule has 1 unspecified atom stereocenters. The van der Waals surface area contributed by atoms with E-state index in [2.05, 4.69) is 4.72 Å². The molecule has 0 saturated heterocycles. The van der Waals surface area contributed by atoms with E-state index in [9.17, 15) is 8.42 Å². The van der Waals surface area contributed by atoms with Crippen molar-refractivity contribution in [3.63, 3.8) is 0 Å². The zero-order valence-electron chi connectivity index (χ0n) is 11.0. The zero-order valence-corrected chi connectivity index (χ0v) is 11.8. The zero-order chi connectivity index (χ0) is 13.6. The van der Waals surface area contributed by atoms with E-state index in [1.165, 1.54) is 0 Å². The Kier molecular flexibility index (Phi) is 5.78. The highest BCUT2D eigenvalue weighted by Gasteiger charge is 2.18. The lowest BCUT2D eigenvalue weighted by atomic mass is 10.1. The molecule has 3 N–H and O–H groups in total. The van der Waals surface area contributed by atoms with E-state index < -0.39 is 10.0 Å². The van der Waals surface area contributed by atoms with Gasteiger partial charge in [0.1, 0.15) is 0 Å². The van der Waals surface area contributed by atoms with E-state index in [0.29, 0.717) is 17.9 Å². The molecule has 0 aliphatic heterocycles. The molecule has 1 atom stereocenters. The largest absolute Gasteiger partial charge is 0.327 e. The minimum atomic E-state index is -3.41.